The largest absolute Gasteiger partial charge is 0.376 e. The third-order valence-electron chi connectivity index (χ3n) is 3.39. The normalized spacial score (nSPS) is 11.8. The zero-order valence-corrected chi connectivity index (χ0v) is 13.7. The minimum absolute atomic E-state index is 0.0136. The van der Waals surface area contributed by atoms with Crippen LogP contribution in [0.25, 0.3) is 0 Å². The molecule has 9 heteroatoms. The molecule has 0 aliphatic carbocycles. The SMILES string of the molecule is NC(=O)C(c1ccccc1)N(CO)c1ccc(Cl)c(Cl)c1[N+](=O)[O-]. The Morgan fingerprint density at radius 3 is 2.38 bits per heavy atom. The van der Waals surface area contributed by atoms with Crippen molar-refractivity contribution in [2.45, 2.75) is 6.04 Å². The topological polar surface area (TPSA) is 110 Å². The minimum atomic E-state index is -1.12. The quantitative estimate of drug-likeness (QED) is 0.462. The average molecular weight is 370 g/mol. The average Bonchev–Trinajstić information content (AvgIpc) is 2.55. The Morgan fingerprint density at radius 1 is 1.25 bits per heavy atom. The number of aliphatic hydroxyl groups excluding tert-OH is 1. The number of primary amides is 1. The van der Waals surface area contributed by atoms with Gasteiger partial charge in [-0.1, -0.05) is 53.5 Å². The Kier molecular flexibility index (Phi) is 5.61. The van der Waals surface area contributed by atoms with Gasteiger partial charge in [0.1, 0.15) is 23.5 Å². The Bertz CT molecular complexity index is 771. The summed E-state index contributed by atoms with van der Waals surface area (Å²) in [7, 11) is 0. The summed E-state index contributed by atoms with van der Waals surface area (Å²) in [6.07, 6.45) is 0. The predicted octanol–water partition coefficient (Wildman–Crippen LogP) is 2.88. The van der Waals surface area contributed by atoms with E-state index in [1.807, 2.05) is 0 Å². The molecule has 0 heterocycles. The van der Waals surface area contributed by atoms with E-state index in [1.165, 1.54) is 12.1 Å². The van der Waals surface area contributed by atoms with Crippen LogP contribution in [0.2, 0.25) is 10.0 Å². The van der Waals surface area contributed by atoms with Gasteiger partial charge in [-0.2, -0.15) is 0 Å². The number of rotatable bonds is 6. The number of nitro benzene ring substituents is 1. The number of carbonyl (C=O) groups excluding carboxylic acids is 1. The maximum absolute atomic E-state index is 11.9. The van der Waals surface area contributed by atoms with Gasteiger partial charge in [0.15, 0.2) is 0 Å². The van der Waals surface area contributed by atoms with E-state index in [0.717, 1.165) is 4.90 Å². The number of hydrogen-bond donors (Lipinski definition) is 2. The van der Waals surface area contributed by atoms with E-state index in [4.69, 9.17) is 28.9 Å². The third-order valence-corrected chi connectivity index (χ3v) is 4.18. The fourth-order valence-electron chi connectivity index (χ4n) is 2.37. The molecule has 126 valence electrons. The van der Waals surface area contributed by atoms with Crippen LogP contribution in [-0.4, -0.2) is 22.7 Å². The fourth-order valence-corrected chi connectivity index (χ4v) is 2.75. The molecule has 3 N–H and O–H groups in total. The second-order valence-corrected chi connectivity index (χ2v) is 5.60. The maximum Gasteiger partial charge on any atom is 0.312 e. The van der Waals surface area contributed by atoms with Crippen LogP contribution in [0.15, 0.2) is 42.5 Å². The molecule has 2 rings (SSSR count). The van der Waals surface area contributed by atoms with Crippen molar-refractivity contribution in [2.24, 2.45) is 5.73 Å². The van der Waals surface area contributed by atoms with Gasteiger partial charge in [-0.15, -0.1) is 0 Å². The zero-order chi connectivity index (χ0) is 17.9. The van der Waals surface area contributed by atoms with Crippen molar-refractivity contribution in [3.63, 3.8) is 0 Å². The summed E-state index contributed by atoms with van der Waals surface area (Å²) in [4.78, 5) is 23.7. The Morgan fingerprint density at radius 2 is 1.88 bits per heavy atom. The highest BCUT2D eigenvalue weighted by Crippen LogP contribution is 2.42. The van der Waals surface area contributed by atoms with E-state index >= 15 is 0 Å². The molecule has 0 saturated heterocycles. The summed E-state index contributed by atoms with van der Waals surface area (Å²) in [6.45, 7) is -0.693. The summed E-state index contributed by atoms with van der Waals surface area (Å²) < 4.78 is 0. The number of halogens is 2. The van der Waals surface area contributed by atoms with Crippen molar-refractivity contribution in [1.29, 1.82) is 0 Å². The van der Waals surface area contributed by atoms with Gasteiger partial charge in [0.25, 0.3) is 0 Å². The molecule has 0 saturated carbocycles. The van der Waals surface area contributed by atoms with E-state index in [-0.39, 0.29) is 15.7 Å². The van der Waals surface area contributed by atoms with E-state index < -0.39 is 29.3 Å². The molecule has 0 fully saturated rings. The molecular formula is C15H13Cl2N3O4. The highest BCUT2D eigenvalue weighted by molar-refractivity contribution is 6.43. The lowest BCUT2D eigenvalue weighted by Crippen LogP contribution is -2.39. The Labute approximate surface area is 147 Å². The number of nitrogens with two attached hydrogens (primary N) is 1. The van der Waals surface area contributed by atoms with E-state index in [9.17, 15) is 20.0 Å². The summed E-state index contributed by atoms with van der Waals surface area (Å²) in [5.41, 5.74) is 5.35. The molecule has 1 amide bonds. The van der Waals surface area contributed by atoms with Crippen LogP contribution in [0.4, 0.5) is 11.4 Å². The molecule has 2 aromatic rings. The molecular weight excluding hydrogens is 357 g/mol. The van der Waals surface area contributed by atoms with Crippen LogP contribution in [0.5, 0.6) is 0 Å². The van der Waals surface area contributed by atoms with Crippen molar-refractivity contribution in [3.8, 4) is 0 Å². The number of nitro groups is 1. The second-order valence-electron chi connectivity index (χ2n) is 4.81. The van der Waals surface area contributed by atoms with Crippen molar-refractivity contribution >= 4 is 40.5 Å². The van der Waals surface area contributed by atoms with Gasteiger partial charge in [-0.05, 0) is 17.7 Å². The minimum Gasteiger partial charge on any atom is -0.376 e. The smallest absolute Gasteiger partial charge is 0.312 e. The van der Waals surface area contributed by atoms with Gasteiger partial charge in [0.05, 0.1) is 9.95 Å². The van der Waals surface area contributed by atoms with Crippen molar-refractivity contribution in [2.75, 3.05) is 11.6 Å². The summed E-state index contributed by atoms with van der Waals surface area (Å²) in [5.74, 6) is -0.782. The van der Waals surface area contributed by atoms with Gasteiger partial charge < -0.3 is 15.7 Å². The Hall–Kier alpha value is -2.35. The molecule has 1 atom stereocenters. The predicted molar refractivity (Wildman–Crippen MR) is 91.1 cm³/mol. The first-order chi connectivity index (χ1) is 11.4. The number of hydrogen-bond acceptors (Lipinski definition) is 5. The summed E-state index contributed by atoms with van der Waals surface area (Å²) in [6, 6.07) is 9.90. The number of nitrogens with zero attached hydrogens (tertiary/aromatic N) is 2. The van der Waals surface area contributed by atoms with Gasteiger partial charge >= 0.3 is 5.69 Å². The molecule has 0 spiro atoms. The van der Waals surface area contributed by atoms with Crippen LogP contribution < -0.4 is 10.6 Å². The van der Waals surface area contributed by atoms with Crippen LogP contribution in [0, 0.1) is 10.1 Å². The monoisotopic (exact) mass is 369 g/mol. The number of amides is 1. The summed E-state index contributed by atoms with van der Waals surface area (Å²) in [5, 5.41) is 20.8. The zero-order valence-electron chi connectivity index (χ0n) is 12.2. The van der Waals surface area contributed by atoms with Crippen LogP contribution >= 0.6 is 23.2 Å². The molecule has 0 aromatic heterocycles. The van der Waals surface area contributed by atoms with Crippen molar-refractivity contribution in [3.05, 3.63) is 68.2 Å². The lowest BCUT2D eigenvalue weighted by atomic mass is 10.0. The van der Waals surface area contributed by atoms with Gasteiger partial charge in [0.2, 0.25) is 5.91 Å². The molecule has 1 unspecified atom stereocenters. The molecule has 24 heavy (non-hydrogen) atoms. The second kappa shape index (κ2) is 7.48. The van der Waals surface area contributed by atoms with Crippen LogP contribution in [0.3, 0.4) is 0 Å². The van der Waals surface area contributed by atoms with Crippen LogP contribution in [-0.2, 0) is 4.79 Å². The lowest BCUT2D eigenvalue weighted by molar-refractivity contribution is -0.384. The maximum atomic E-state index is 11.9. The fraction of sp³-hybridized carbons (Fsp3) is 0.133. The number of aliphatic hydroxyl groups is 1. The molecule has 0 radical (unpaired) electrons. The van der Waals surface area contributed by atoms with E-state index in [1.54, 1.807) is 30.3 Å². The van der Waals surface area contributed by atoms with Crippen LogP contribution in [0.1, 0.15) is 11.6 Å². The van der Waals surface area contributed by atoms with Gasteiger partial charge in [0, 0.05) is 0 Å². The number of anilines is 1. The first kappa shape index (κ1) is 18.0. The lowest BCUT2D eigenvalue weighted by Gasteiger charge is -2.29. The van der Waals surface area contributed by atoms with Crippen molar-refractivity contribution in [1.82, 2.24) is 0 Å². The Balaban J connectivity index is 2.65. The highest BCUT2D eigenvalue weighted by atomic mass is 35.5. The molecule has 0 aliphatic rings. The van der Waals surface area contributed by atoms with E-state index in [2.05, 4.69) is 0 Å². The standard InChI is InChI=1S/C15H13Cl2N3O4/c16-10-6-7-11(14(12(10)17)20(23)24)19(8-21)13(15(18)22)9-4-2-1-3-5-9/h1-7,13,21H,8H2,(H2,18,22). The highest BCUT2D eigenvalue weighted by Gasteiger charge is 2.32. The van der Waals surface area contributed by atoms with Gasteiger partial charge in [-0.3, -0.25) is 14.9 Å². The molecule has 2 aromatic carbocycles. The van der Waals surface area contributed by atoms with Gasteiger partial charge in [-0.25, -0.2) is 0 Å². The van der Waals surface area contributed by atoms with E-state index in [0.29, 0.717) is 5.56 Å². The first-order valence-electron chi connectivity index (χ1n) is 6.72. The summed E-state index contributed by atoms with van der Waals surface area (Å²) >= 11 is 11.8. The molecule has 0 bridgehead atoms. The number of benzene rings is 2. The van der Waals surface area contributed by atoms with Crippen molar-refractivity contribution < 1.29 is 14.8 Å². The molecule has 0 aliphatic heterocycles. The molecule has 7 nitrogen and oxygen atoms in total. The third kappa shape index (κ3) is 3.43. The number of carbonyl (C=O) groups is 1. The first-order valence-corrected chi connectivity index (χ1v) is 7.48.